The molecule has 2 heteroatoms. The summed E-state index contributed by atoms with van der Waals surface area (Å²) in [6.07, 6.45) is 12.0. The van der Waals surface area contributed by atoms with Crippen LogP contribution in [0.4, 0.5) is 0 Å². The molecule has 2 aliphatic rings. The smallest absolute Gasteiger partial charge is 0.0712 e. The van der Waals surface area contributed by atoms with Crippen molar-refractivity contribution in [1.82, 2.24) is 10.2 Å². The lowest BCUT2D eigenvalue weighted by Gasteiger charge is -2.36. The van der Waals surface area contributed by atoms with Gasteiger partial charge in [-0.2, -0.15) is 0 Å². The van der Waals surface area contributed by atoms with Crippen LogP contribution in [0.2, 0.25) is 0 Å². The molecule has 0 aromatic rings. The highest BCUT2D eigenvalue weighted by atomic mass is 15.2. The van der Waals surface area contributed by atoms with Crippen molar-refractivity contribution in [1.29, 1.82) is 0 Å². The van der Waals surface area contributed by atoms with E-state index in [1.807, 2.05) is 0 Å². The molecule has 1 aliphatic carbocycles. The summed E-state index contributed by atoms with van der Waals surface area (Å²) < 4.78 is 0. The number of rotatable bonds is 4. The van der Waals surface area contributed by atoms with E-state index in [0.29, 0.717) is 11.6 Å². The summed E-state index contributed by atoms with van der Waals surface area (Å²) in [4.78, 5) is 2.54. The molecule has 0 radical (unpaired) electrons. The van der Waals surface area contributed by atoms with Gasteiger partial charge in [-0.3, -0.25) is 4.90 Å². The molecule has 17 heavy (non-hydrogen) atoms. The lowest BCUT2D eigenvalue weighted by molar-refractivity contribution is 0.171. The van der Waals surface area contributed by atoms with E-state index in [0.717, 1.165) is 32.0 Å². The Morgan fingerprint density at radius 3 is 2.88 bits per heavy atom. The van der Waals surface area contributed by atoms with Crippen LogP contribution in [0, 0.1) is 18.3 Å². The maximum absolute atomic E-state index is 5.71. The number of nitrogens with zero attached hydrogens (tertiary/aromatic N) is 1. The zero-order valence-corrected chi connectivity index (χ0v) is 11.3. The molecule has 1 aliphatic heterocycles. The number of nitrogens with one attached hydrogen (secondary N) is 1. The van der Waals surface area contributed by atoms with Gasteiger partial charge >= 0.3 is 0 Å². The van der Waals surface area contributed by atoms with Crippen LogP contribution in [0.3, 0.4) is 0 Å². The van der Waals surface area contributed by atoms with Crippen molar-refractivity contribution in [2.75, 3.05) is 19.6 Å². The Morgan fingerprint density at radius 2 is 2.29 bits per heavy atom. The molecule has 1 saturated carbocycles. The van der Waals surface area contributed by atoms with Crippen LogP contribution in [0.25, 0.3) is 0 Å². The van der Waals surface area contributed by atoms with Crippen molar-refractivity contribution in [3.8, 4) is 12.3 Å². The molecule has 2 nitrogen and oxygen atoms in total. The van der Waals surface area contributed by atoms with Gasteiger partial charge < -0.3 is 5.32 Å². The molecule has 2 rings (SSSR count). The SMILES string of the molecule is C#CC(CCC)N1CCCNC(C)(C2CC2)C1. The van der Waals surface area contributed by atoms with Crippen LogP contribution < -0.4 is 5.32 Å². The molecule has 0 spiro atoms. The second kappa shape index (κ2) is 5.42. The molecule has 0 bridgehead atoms. The van der Waals surface area contributed by atoms with Gasteiger partial charge in [0.25, 0.3) is 0 Å². The lowest BCUT2D eigenvalue weighted by Crippen LogP contribution is -2.52. The van der Waals surface area contributed by atoms with E-state index in [1.165, 1.54) is 25.7 Å². The molecule has 0 aromatic carbocycles. The number of hydrogen-bond acceptors (Lipinski definition) is 2. The summed E-state index contributed by atoms with van der Waals surface area (Å²) in [6, 6.07) is 0.345. The third-order valence-corrected chi connectivity index (χ3v) is 4.36. The topological polar surface area (TPSA) is 15.3 Å². The summed E-state index contributed by atoms with van der Waals surface area (Å²) in [6.45, 7) is 8.05. The maximum Gasteiger partial charge on any atom is 0.0712 e. The molecule has 2 fully saturated rings. The monoisotopic (exact) mass is 234 g/mol. The van der Waals surface area contributed by atoms with Crippen molar-refractivity contribution in [2.45, 2.75) is 57.5 Å². The van der Waals surface area contributed by atoms with Crippen molar-refractivity contribution in [3.63, 3.8) is 0 Å². The zero-order chi connectivity index (χ0) is 12.3. The fourth-order valence-electron chi connectivity index (χ4n) is 3.12. The predicted octanol–water partition coefficient (Wildman–Crippen LogP) is 2.25. The van der Waals surface area contributed by atoms with Crippen molar-refractivity contribution in [2.24, 2.45) is 5.92 Å². The first kappa shape index (κ1) is 12.9. The highest BCUT2D eigenvalue weighted by molar-refractivity contribution is 5.06. The van der Waals surface area contributed by atoms with Crippen molar-refractivity contribution < 1.29 is 0 Å². The zero-order valence-electron chi connectivity index (χ0n) is 11.3. The van der Waals surface area contributed by atoms with Crippen LogP contribution in [-0.4, -0.2) is 36.1 Å². The van der Waals surface area contributed by atoms with Gasteiger partial charge in [-0.05, 0) is 45.1 Å². The van der Waals surface area contributed by atoms with Crippen LogP contribution >= 0.6 is 0 Å². The first-order chi connectivity index (χ1) is 8.19. The largest absolute Gasteiger partial charge is 0.310 e. The second-order valence-corrected chi connectivity index (χ2v) is 5.91. The maximum atomic E-state index is 5.71. The third-order valence-electron chi connectivity index (χ3n) is 4.36. The highest BCUT2D eigenvalue weighted by Gasteiger charge is 2.43. The minimum atomic E-state index is 0.305. The van der Waals surface area contributed by atoms with Gasteiger partial charge in [0.2, 0.25) is 0 Å². The fourth-order valence-corrected chi connectivity index (χ4v) is 3.12. The second-order valence-electron chi connectivity index (χ2n) is 5.91. The summed E-state index contributed by atoms with van der Waals surface area (Å²) >= 11 is 0. The summed E-state index contributed by atoms with van der Waals surface area (Å²) in [5, 5.41) is 3.76. The fraction of sp³-hybridized carbons (Fsp3) is 0.867. The molecule has 0 aromatic heterocycles. The molecule has 2 unspecified atom stereocenters. The minimum absolute atomic E-state index is 0.305. The number of hydrogen-bond donors (Lipinski definition) is 1. The van der Waals surface area contributed by atoms with E-state index in [9.17, 15) is 0 Å². The standard InChI is InChI=1S/C15H26N2/c1-4-7-14(5-2)17-11-6-10-16-15(3,12-17)13-8-9-13/h2,13-14,16H,4,6-12H2,1,3H3. The van der Waals surface area contributed by atoms with Gasteiger partial charge in [0.15, 0.2) is 0 Å². The average molecular weight is 234 g/mol. The Hall–Kier alpha value is -0.520. The van der Waals surface area contributed by atoms with E-state index < -0.39 is 0 Å². The average Bonchev–Trinajstić information content (AvgIpc) is 3.12. The molecular weight excluding hydrogens is 208 g/mol. The summed E-state index contributed by atoms with van der Waals surface area (Å²) in [7, 11) is 0. The van der Waals surface area contributed by atoms with E-state index in [-0.39, 0.29) is 0 Å². The van der Waals surface area contributed by atoms with Gasteiger partial charge in [0.05, 0.1) is 6.04 Å². The van der Waals surface area contributed by atoms with Gasteiger partial charge in [-0.15, -0.1) is 6.42 Å². The Bertz CT molecular complexity index is 290. The van der Waals surface area contributed by atoms with E-state index in [1.54, 1.807) is 0 Å². The molecule has 2 atom stereocenters. The quantitative estimate of drug-likeness (QED) is 0.751. The number of terminal acetylenes is 1. The first-order valence-electron chi connectivity index (χ1n) is 7.15. The molecule has 0 amide bonds. The minimum Gasteiger partial charge on any atom is -0.310 e. The predicted molar refractivity (Wildman–Crippen MR) is 72.9 cm³/mol. The highest BCUT2D eigenvalue weighted by Crippen LogP contribution is 2.40. The Balaban J connectivity index is 2.03. The van der Waals surface area contributed by atoms with Crippen LogP contribution in [0.15, 0.2) is 0 Å². The van der Waals surface area contributed by atoms with E-state index >= 15 is 0 Å². The van der Waals surface area contributed by atoms with Crippen molar-refractivity contribution in [3.05, 3.63) is 0 Å². The van der Waals surface area contributed by atoms with E-state index in [4.69, 9.17) is 6.42 Å². The van der Waals surface area contributed by atoms with Gasteiger partial charge in [-0.1, -0.05) is 19.3 Å². The lowest BCUT2D eigenvalue weighted by atomic mass is 9.94. The summed E-state index contributed by atoms with van der Waals surface area (Å²) in [5.41, 5.74) is 0.305. The Morgan fingerprint density at radius 1 is 1.53 bits per heavy atom. The van der Waals surface area contributed by atoms with Gasteiger partial charge in [-0.25, -0.2) is 0 Å². The molecule has 96 valence electrons. The van der Waals surface area contributed by atoms with Crippen LogP contribution in [0.1, 0.15) is 46.0 Å². The molecule has 1 saturated heterocycles. The Kier molecular flexibility index (Phi) is 4.12. The van der Waals surface area contributed by atoms with E-state index in [2.05, 4.69) is 30.0 Å². The summed E-state index contributed by atoms with van der Waals surface area (Å²) in [5.74, 6) is 3.87. The third kappa shape index (κ3) is 3.03. The molecular formula is C15H26N2. The molecule has 1 N–H and O–H groups in total. The van der Waals surface area contributed by atoms with Gasteiger partial charge in [0.1, 0.15) is 0 Å². The van der Waals surface area contributed by atoms with Gasteiger partial charge in [0, 0.05) is 18.6 Å². The first-order valence-corrected chi connectivity index (χ1v) is 7.15. The van der Waals surface area contributed by atoms with Crippen LogP contribution in [-0.2, 0) is 0 Å². The van der Waals surface area contributed by atoms with Crippen LogP contribution in [0.5, 0.6) is 0 Å². The van der Waals surface area contributed by atoms with Crippen molar-refractivity contribution >= 4 is 0 Å². The molecule has 1 heterocycles. The Labute approximate surface area is 106 Å². The normalized spacial score (nSPS) is 32.8.